The number of hydrogen-bond donors (Lipinski definition) is 3. The van der Waals surface area contributed by atoms with Gasteiger partial charge in [-0.2, -0.15) is 0 Å². The molecule has 2 heterocycles. The lowest BCUT2D eigenvalue weighted by atomic mass is 9.88. The molecule has 152 valence electrons. The normalized spacial score (nSPS) is 17.7. The minimum atomic E-state index is -1.26. The van der Waals surface area contributed by atoms with Crippen molar-refractivity contribution in [2.75, 3.05) is 11.4 Å². The van der Waals surface area contributed by atoms with E-state index in [1.807, 2.05) is 11.0 Å². The number of nitrogens with one attached hydrogen (secondary N) is 1. The van der Waals surface area contributed by atoms with Crippen LogP contribution in [0.1, 0.15) is 29.8 Å². The number of nitrogens with zero attached hydrogens (tertiary/aromatic N) is 2. The highest BCUT2D eigenvalue weighted by Gasteiger charge is 2.32. The summed E-state index contributed by atoms with van der Waals surface area (Å²) in [5.74, 6) is -2.16. The molecule has 1 amide bonds. The monoisotopic (exact) mass is 397 g/mol. The summed E-state index contributed by atoms with van der Waals surface area (Å²) in [6, 6.07) is 8.30. The molecular formula is C21H23N3O5. The van der Waals surface area contributed by atoms with E-state index in [1.165, 1.54) is 11.3 Å². The zero-order chi connectivity index (χ0) is 20.8. The largest absolute Gasteiger partial charge is 0.478 e. The average Bonchev–Trinajstić information content (AvgIpc) is 3.19. The first-order valence-electron chi connectivity index (χ1n) is 9.50. The molecule has 3 N–H and O–H groups in total. The van der Waals surface area contributed by atoms with Gasteiger partial charge in [-0.05, 0) is 37.3 Å². The Morgan fingerprint density at radius 1 is 1.10 bits per heavy atom. The van der Waals surface area contributed by atoms with Crippen LogP contribution in [0.25, 0.3) is 0 Å². The standard InChI is InChI=1S/C17H19N3O.C4H4O4/c21-17(13-7-8-14-15(10-13)19-11-18-14)20-9-3-5-12-4-1-2-6-16(12)20;5-3(6)1-2-4(7)8/h1-2,4,6,11,13H,3,5,7-10H2,(H,18,19);1-2H,(H,5,6)(H,7,8)/b;2-1+. The van der Waals surface area contributed by atoms with Crippen LogP contribution in [-0.4, -0.2) is 44.6 Å². The fourth-order valence-electron chi connectivity index (χ4n) is 3.73. The number of carboxylic acids is 2. The number of aliphatic carboxylic acids is 2. The van der Waals surface area contributed by atoms with Crippen LogP contribution in [0.4, 0.5) is 5.69 Å². The van der Waals surface area contributed by atoms with Gasteiger partial charge in [0.15, 0.2) is 0 Å². The Balaban J connectivity index is 0.000000258. The summed E-state index contributed by atoms with van der Waals surface area (Å²) in [6.07, 6.45) is 7.62. The number of para-hydroxylation sites is 1. The number of aromatic amines is 1. The molecule has 1 unspecified atom stereocenters. The molecule has 0 radical (unpaired) electrons. The van der Waals surface area contributed by atoms with E-state index < -0.39 is 11.9 Å². The van der Waals surface area contributed by atoms with Gasteiger partial charge in [-0.15, -0.1) is 0 Å². The summed E-state index contributed by atoms with van der Waals surface area (Å²) in [4.78, 5) is 41.6. The van der Waals surface area contributed by atoms with Gasteiger partial charge in [0.05, 0.1) is 12.0 Å². The summed E-state index contributed by atoms with van der Waals surface area (Å²) in [6.45, 7) is 0.847. The average molecular weight is 397 g/mol. The smallest absolute Gasteiger partial charge is 0.328 e. The summed E-state index contributed by atoms with van der Waals surface area (Å²) in [5, 5.41) is 15.6. The van der Waals surface area contributed by atoms with Crippen molar-refractivity contribution in [2.45, 2.75) is 32.1 Å². The van der Waals surface area contributed by atoms with Crippen molar-refractivity contribution in [3.8, 4) is 0 Å². The molecule has 29 heavy (non-hydrogen) atoms. The molecule has 1 aliphatic carbocycles. The number of imidazole rings is 1. The highest BCUT2D eigenvalue weighted by Crippen LogP contribution is 2.31. The highest BCUT2D eigenvalue weighted by atomic mass is 16.4. The van der Waals surface area contributed by atoms with E-state index in [0.29, 0.717) is 12.2 Å². The van der Waals surface area contributed by atoms with Crippen molar-refractivity contribution >= 4 is 23.5 Å². The number of fused-ring (bicyclic) bond motifs is 2. The molecule has 8 nitrogen and oxygen atoms in total. The molecule has 0 bridgehead atoms. The van der Waals surface area contributed by atoms with Gasteiger partial charge >= 0.3 is 11.9 Å². The summed E-state index contributed by atoms with van der Waals surface area (Å²) >= 11 is 0. The van der Waals surface area contributed by atoms with Gasteiger partial charge in [-0.25, -0.2) is 14.6 Å². The third-order valence-corrected chi connectivity index (χ3v) is 5.08. The Morgan fingerprint density at radius 2 is 1.83 bits per heavy atom. The van der Waals surface area contributed by atoms with Crippen molar-refractivity contribution in [3.63, 3.8) is 0 Å². The molecule has 2 aromatic rings. The molecule has 0 saturated carbocycles. The van der Waals surface area contributed by atoms with Crippen molar-refractivity contribution in [2.24, 2.45) is 5.92 Å². The van der Waals surface area contributed by atoms with Crippen LogP contribution >= 0.6 is 0 Å². The number of carbonyl (C=O) groups is 3. The van der Waals surface area contributed by atoms with E-state index >= 15 is 0 Å². The molecule has 0 fully saturated rings. The number of aryl methyl sites for hydroxylation is 2. The number of amides is 1. The first kappa shape index (κ1) is 20.3. The molecule has 0 spiro atoms. The van der Waals surface area contributed by atoms with Crippen molar-refractivity contribution in [1.29, 1.82) is 0 Å². The van der Waals surface area contributed by atoms with E-state index in [0.717, 1.165) is 50.0 Å². The lowest BCUT2D eigenvalue weighted by Crippen LogP contribution is -2.41. The third kappa shape index (κ3) is 5.10. The summed E-state index contributed by atoms with van der Waals surface area (Å²) in [5.41, 5.74) is 4.69. The van der Waals surface area contributed by atoms with Gasteiger partial charge in [-0.3, -0.25) is 4.79 Å². The number of aromatic nitrogens is 2. The number of hydrogen-bond acceptors (Lipinski definition) is 4. The zero-order valence-electron chi connectivity index (χ0n) is 15.9. The van der Waals surface area contributed by atoms with Crippen molar-refractivity contribution in [1.82, 2.24) is 9.97 Å². The van der Waals surface area contributed by atoms with Gasteiger partial charge in [0, 0.05) is 42.4 Å². The van der Waals surface area contributed by atoms with Crippen LogP contribution in [0.3, 0.4) is 0 Å². The molecule has 1 aliphatic heterocycles. The first-order valence-corrected chi connectivity index (χ1v) is 9.50. The summed E-state index contributed by atoms with van der Waals surface area (Å²) in [7, 11) is 0. The van der Waals surface area contributed by atoms with Crippen LogP contribution in [-0.2, 0) is 33.6 Å². The Morgan fingerprint density at radius 3 is 2.55 bits per heavy atom. The van der Waals surface area contributed by atoms with Crippen LogP contribution in [0.2, 0.25) is 0 Å². The van der Waals surface area contributed by atoms with Gasteiger partial charge in [-0.1, -0.05) is 18.2 Å². The maximum atomic E-state index is 12.9. The van der Waals surface area contributed by atoms with Crippen LogP contribution in [0, 0.1) is 5.92 Å². The lowest BCUT2D eigenvalue weighted by Gasteiger charge is -2.33. The molecule has 1 atom stereocenters. The minimum Gasteiger partial charge on any atom is -0.478 e. The highest BCUT2D eigenvalue weighted by molar-refractivity contribution is 5.96. The number of carboxylic acid groups (broad SMARTS) is 2. The maximum absolute atomic E-state index is 12.9. The van der Waals surface area contributed by atoms with Crippen LogP contribution in [0.15, 0.2) is 42.7 Å². The second kappa shape index (κ2) is 9.18. The first-order chi connectivity index (χ1) is 14.0. The third-order valence-electron chi connectivity index (χ3n) is 5.08. The van der Waals surface area contributed by atoms with Gasteiger partial charge < -0.3 is 20.1 Å². The van der Waals surface area contributed by atoms with E-state index in [2.05, 4.69) is 28.2 Å². The maximum Gasteiger partial charge on any atom is 0.328 e. The van der Waals surface area contributed by atoms with E-state index in [9.17, 15) is 14.4 Å². The van der Waals surface area contributed by atoms with Crippen molar-refractivity contribution in [3.05, 3.63) is 59.7 Å². The SMILES string of the molecule is O=C(C1CCc2[nH]cnc2C1)N1CCCc2ccccc21.O=C(O)/C=C/C(=O)O. The number of carbonyl (C=O) groups excluding carboxylic acids is 1. The van der Waals surface area contributed by atoms with Crippen LogP contribution < -0.4 is 4.90 Å². The fourth-order valence-corrected chi connectivity index (χ4v) is 3.73. The fraction of sp³-hybridized carbons (Fsp3) is 0.333. The second-order valence-corrected chi connectivity index (χ2v) is 7.00. The Labute approximate surface area is 167 Å². The predicted octanol–water partition coefficient (Wildman–Crippen LogP) is 2.21. The Kier molecular flexibility index (Phi) is 6.43. The molecule has 4 rings (SSSR count). The van der Waals surface area contributed by atoms with Gasteiger partial charge in [0.25, 0.3) is 0 Å². The van der Waals surface area contributed by atoms with Crippen LogP contribution in [0.5, 0.6) is 0 Å². The number of rotatable bonds is 3. The van der Waals surface area contributed by atoms with Gasteiger partial charge in [0.2, 0.25) is 5.91 Å². The Bertz CT molecular complexity index is 918. The summed E-state index contributed by atoms with van der Waals surface area (Å²) < 4.78 is 0. The van der Waals surface area contributed by atoms with Crippen molar-refractivity contribution < 1.29 is 24.6 Å². The Hall–Kier alpha value is -3.42. The molecule has 8 heteroatoms. The number of H-pyrrole nitrogens is 1. The molecule has 2 aliphatic rings. The number of benzene rings is 1. The minimum absolute atomic E-state index is 0.0759. The molecular weight excluding hydrogens is 374 g/mol. The quantitative estimate of drug-likeness (QED) is 0.682. The second-order valence-electron chi connectivity index (χ2n) is 7.00. The van der Waals surface area contributed by atoms with Gasteiger partial charge in [0.1, 0.15) is 0 Å². The van der Waals surface area contributed by atoms with E-state index in [4.69, 9.17) is 10.2 Å². The molecule has 1 aromatic carbocycles. The molecule has 1 aromatic heterocycles. The topological polar surface area (TPSA) is 124 Å². The molecule has 0 saturated heterocycles. The number of anilines is 1. The van der Waals surface area contributed by atoms with E-state index in [1.54, 1.807) is 6.33 Å². The van der Waals surface area contributed by atoms with E-state index in [-0.39, 0.29) is 11.8 Å². The lowest BCUT2D eigenvalue weighted by molar-refractivity contribution is -0.134. The zero-order valence-corrected chi connectivity index (χ0v) is 15.9. The predicted molar refractivity (Wildman–Crippen MR) is 106 cm³/mol.